The Morgan fingerprint density at radius 1 is 1.55 bits per heavy atom. The van der Waals surface area contributed by atoms with Gasteiger partial charge in [0.2, 0.25) is 0 Å². The van der Waals surface area contributed by atoms with Gasteiger partial charge in [0, 0.05) is 18.6 Å². The van der Waals surface area contributed by atoms with E-state index in [9.17, 15) is 9.90 Å². The normalized spacial score (nSPS) is 22.8. The fraction of sp³-hybridized carbons (Fsp3) is 0.643. The monoisotopic (exact) mass is 279 g/mol. The Hall–Kier alpha value is -1.69. The molecule has 0 spiro atoms. The molecule has 110 valence electrons. The highest BCUT2D eigenvalue weighted by molar-refractivity contribution is 5.91. The molecule has 1 aromatic rings. The zero-order valence-electron chi connectivity index (χ0n) is 12.1. The molecule has 1 aromatic heterocycles. The Labute approximate surface area is 118 Å². The van der Waals surface area contributed by atoms with Crippen molar-refractivity contribution < 1.29 is 14.6 Å². The lowest BCUT2D eigenvalue weighted by atomic mass is 10.0. The largest absolute Gasteiger partial charge is 0.476 e. The van der Waals surface area contributed by atoms with Crippen LogP contribution in [-0.2, 0) is 4.74 Å². The lowest BCUT2D eigenvalue weighted by Crippen LogP contribution is -2.33. The fourth-order valence-electron chi connectivity index (χ4n) is 2.29. The lowest BCUT2D eigenvalue weighted by molar-refractivity contribution is 0.0232. The quantitative estimate of drug-likeness (QED) is 0.879. The van der Waals surface area contributed by atoms with E-state index >= 15 is 0 Å². The molecule has 0 aliphatic carbocycles. The molecule has 0 amide bonds. The molecule has 2 unspecified atom stereocenters. The van der Waals surface area contributed by atoms with Crippen LogP contribution >= 0.6 is 0 Å². The second-order valence-electron chi connectivity index (χ2n) is 5.50. The number of aromatic nitrogens is 2. The highest BCUT2D eigenvalue weighted by Crippen LogP contribution is 2.21. The summed E-state index contributed by atoms with van der Waals surface area (Å²) in [5, 5.41) is 12.5. The van der Waals surface area contributed by atoms with Crippen LogP contribution in [0.25, 0.3) is 0 Å². The zero-order valence-corrected chi connectivity index (χ0v) is 12.1. The minimum atomic E-state index is -1.03. The van der Waals surface area contributed by atoms with Crippen molar-refractivity contribution in [3.05, 3.63) is 17.7 Å². The second kappa shape index (κ2) is 6.17. The Balaban J connectivity index is 2.20. The number of nitrogens with one attached hydrogen (secondary N) is 1. The minimum absolute atomic E-state index is 0.0443. The first-order chi connectivity index (χ1) is 9.47. The van der Waals surface area contributed by atoms with Gasteiger partial charge in [-0.25, -0.2) is 14.8 Å². The van der Waals surface area contributed by atoms with E-state index in [4.69, 9.17) is 4.74 Å². The molecular formula is C14H21N3O3. The van der Waals surface area contributed by atoms with Crippen LogP contribution in [-0.4, -0.2) is 39.8 Å². The van der Waals surface area contributed by atoms with Gasteiger partial charge in [0.1, 0.15) is 5.82 Å². The van der Waals surface area contributed by atoms with Crippen molar-refractivity contribution in [2.75, 3.05) is 11.9 Å². The van der Waals surface area contributed by atoms with Crippen molar-refractivity contribution in [2.24, 2.45) is 0 Å². The number of carboxylic acid groups (broad SMARTS) is 1. The summed E-state index contributed by atoms with van der Waals surface area (Å²) in [4.78, 5) is 19.7. The number of carbonyl (C=O) groups is 1. The van der Waals surface area contributed by atoms with E-state index in [1.165, 1.54) is 0 Å². The SMILES string of the molecule is CC1CC(Nc2cnc(C(C)C)nc2C(=O)O)CCO1. The van der Waals surface area contributed by atoms with E-state index in [1.54, 1.807) is 6.20 Å². The van der Waals surface area contributed by atoms with Crippen molar-refractivity contribution in [3.63, 3.8) is 0 Å². The summed E-state index contributed by atoms with van der Waals surface area (Å²) in [5.41, 5.74) is 0.531. The molecule has 0 radical (unpaired) electrons. The molecule has 1 aliphatic heterocycles. The molecule has 1 saturated heterocycles. The molecule has 6 heteroatoms. The van der Waals surface area contributed by atoms with Crippen LogP contribution in [0.3, 0.4) is 0 Å². The van der Waals surface area contributed by atoms with Crippen LogP contribution in [0.4, 0.5) is 5.69 Å². The number of nitrogens with zero attached hydrogens (tertiary/aromatic N) is 2. The van der Waals surface area contributed by atoms with Crippen molar-refractivity contribution in [1.82, 2.24) is 9.97 Å². The highest BCUT2D eigenvalue weighted by Gasteiger charge is 2.22. The van der Waals surface area contributed by atoms with Crippen molar-refractivity contribution >= 4 is 11.7 Å². The van der Waals surface area contributed by atoms with Gasteiger partial charge < -0.3 is 15.2 Å². The van der Waals surface area contributed by atoms with Gasteiger partial charge in [0.05, 0.1) is 18.0 Å². The Morgan fingerprint density at radius 2 is 2.30 bits per heavy atom. The molecule has 2 rings (SSSR count). The summed E-state index contributed by atoms with van der Waals surface area (Å²) in [6.45, 7) is 6.58. The number of aromatic carboxylic acids is 1. The van der Waals surface area contributed by atoms with E-state index in [2.05, 4.69) is 15.3 Å². The number of ether oxygens (including phenoxy) is 1. The summed E-state index contributed by atoms with van der Waals surface area (Å²) < 4.78 is 5.49. The molecule has 0 bridgehead atoms. The van der Waals surface area contributed by atoms with Crippen molar-refractivity contribution in [2.45, 2.75) is 51.7 Å². The summed E-state index contributed by atoms with van der Waals surface area (Å²) in [6, 6.07) is 0.199. The molecule has 0 aromatic carbocycles. The first-order valence-electron chi connectivity index (χ1n) is 6.95. The van der Waals surface area contributed by atoms with Gasteiger partial charge in [-0.2, -0.15) is 0 Å². The summed E-state index contributed by atoms with van der Waals surface area (Å²) in [7, 11) is 0. The topological polar surface area (TPSA) is 84.3 Å². The first kappa shape index (κ1) is 14.7. The smallest absolute Gasteiger partial charge is 0.356 e. The zero-order chi connectivity index (χ0) is 14.7. The summed E-state index contributed by atoms with van der Waals surface area (Å²) in [5.74, 6) is -0.379. The predicted molar refractivity (Wildman–Crippen MR) is 75.1 cm³/mol. The van der Waals surface area contributed by atoms with Gasteiger partial charge in [-0.1, -0.05) is 13.8 Å². The molecule has 2 atom stereocenters. The number of hydrogen-bond donors (Lipinski definition) is 2. The average molecular weight is 279 g/mol. The molecular weight excluding hydrogens is 258 g/mol. The van der Waals surface area contributed by atoms with Gasteiger partial charge in [-0.05, 0) is 19.8 Å². The number of carboxylic acids is 1. The van der Waals surface area contributed by atoms with Gasteiger partial charge in [0.25, 0.3) is 0 Å². The van der Waals surface area contributed by atoms with Crippen molar-refractivity contribution in [3.8, 4) is 0 Å². The van der Waals surface area contributed by atoms with E-state index in [1.807, 2.05) is 20.8 Å². The number of anilines is 1. The Kier molecular flexibility index (Phi) is 4.54. The van der Waals surface area contributed by atoms with Gasteiger partial charge in [0.15, 0.2) is 5.69 Å². The fourth-order valence-corrected chi connectivity index (χ4v) is 2.29. The molecule has 20 heavy (non-hydrogen) atoms. The van der Waals surface area contributed by atoms with Gasteiger partial charge >= 0.3 is 5.97 Å². The predicted octanol–water partition coefficient (Wildman–Crippen LogP) is 2.28. The number of hydrogen-bond acceptors (Lipinski definition) is 5. The van der Waals surface area contributed by atoms with E-state index in [0.717, 1.165) is 12.8 Å². The highest BCUT2D eigenvalue weighted by atomic mass is 16.5. The summed E-state index contributed by atoms with van der Waals surface area (Å²) in [6.07, 6.45) is 3.47. The van der Waals surface area contributed by atoms with Gasteiger partial charge in [-0.15, -0.1) is 0 Å². The van der Waals surface area contributed by atoms with E-state index < -0.39 is 5.97 Å². The lowest BCUT2D eigenvalue weighted by Gasteiger charge is -2.28. The molecule has 1 fully saturated rings. The molecule has 2 N–H and O–H groups in total. The minimum Gasteiger partial charge on any atom is -0.476 e. The maximum absolute atomic E-state index is 11.3. The Bertz CT molecular complexity index is 491. The van der Waals surface area contributed by atoms with Crippen LogP contribution < -0.4 is 5.32 Å². The van der Waals surface area contributed by atoms with E-state index in [-0.39, 0.29) is 23.8 Å². The van der Waals surface area contributed by atoms with Crippen LogP contribution in [0.15, 0.2) is 6.20 Å². The maximum Gasteiger partial charge on any atom is 0.356 e. The maximum atomic E-state index is 11.3. The number of rotatable bonds is 4. The Morgan fingerprint density at radius 3 is 2.90 bits per heavy atom. The van der Waals surface area contributed by atoms with E-state index in [0.29, 0.717) is 18.1 Å². The molecule has 2 heterocycles. The van der Waals surface area contributed by atoms with Crippen LogP contribution in [0.2, 0.25) is 0 Å². The standard InChI is InChI=1S/C14H21N3O3/c1-8(2)13-15-7-11(12(17-13)14(18)19)16-10-4-5-20-9(3)6-10/h7-10,16H,4-6H2,1-3H3,(H,18,19). The van der Waals surface area contributed by atoms with Crippen LogP contribution in [0.1, 0.15) is 55.8 Å². The third kappa shape index (κ3) is 3.45. The van der Waals surface area contributed by atoms with Crippen molar-refractivity contribution in [1.29, 1.82) is 0 Å². The second-order valence-corrected chi connectivity index (χ2v) is 5.50. The molecule has 0 saturated carbocycles. The molecule has 1 aliphatic rings. The first-order valence-corrected chi connectivity index (χ1v) is 6.95. The van der Waals surface area contributed by atoms with Crippen LogP contribution in [0.5, 0.6) is 0 Å². The third-order valence-electron chi connectivity index (χ3n) is 3.37. The third-order valence-corrected chi connectivity index (χ3v) is 3.37. The van der Waals surface area contributed by atoms with Gasteiger partial charge in [-0.3, -0.25) is 0 Å². The van der Waals surface area contributed by atoms with Crippen LogP contribution in [0, 0.1) is 0 Å². The average Bonchev–Trinajstić information content (AvgIpc) is 2.38. The summed E-state index contributed by atoms with van der Waals surface area (Å²) >= 11 is 0. The molecule has 6 nitrogen and oxygen atoms in total.